The Labute approximate surface area is 157 Å². The molecular formula is C16H16N4O4S2. The van der Waals surface area contributed by atoms with E-state index in [1.54, 1.807) is 12.3 Å². The summed E-state index contributed by atoms with van der Waals surface area (Å²) in [6.45, 7) is 2.00. The number of rotatable bonds is 8. The van der Waals surface area contributed by atoms with Gasteiger partial charge in [0.05, 0.1) is 11.5 Å². The van der Waals surface area contributed by atoms with Gasteiger partial charge in [-0.2, -0.15) is 4.98 Å². The smallest absolute Gasteiger partial charge is 0.357 e. The molecule has 3 aromatic heterocycles. The molecule has 0 atom stereocenters. The van der Waals surface area contributed by atoms with E-state index >= 15 is 0 Å². The normalized spacial score (nSPS) is 10.7. The summed E-state index contributed by atoms with van der Waals surface area (Å²) in [5, 5.41) is 10.5. The lowest BCUT2D eigenvalue weighted by Crippen LogP contribution is -2.12. The highest BCUT2D eigenvalue weighted by Gasteiger charge is 2.14. The van der Waals surface area contributed by atoms with Crippen molar-refractivity contribution in [3.8, 4) is 10.7 Å². The number of aryl methyl sites for hydroxylation is 1. The van der Waals surface area contributed by atoms with Crippen molar-refractivity contribution in [2.45, 2.75) is 26.2 Å². The van der Waals surface area contributed by atoms with Gasteiger partial charge in [-0.15, -0.1) is 22.7 Å². The number of nitrogens with one attached hydrogen (secondary N) is 1. The second-order valence-electron chi connectivity index (χ2n) is 5.15. The summed E-state index contributed by atoms with van der Waals surface area (Å²) in [5.41, 5.74) is 0.194. The van der Waals surface area contributed by atoms with E-state index in [2.05, 4.69) is 20.4 Å². The van der Waals surface area contributed by atoms with E-state index in [1.165, 1.54) is 22.7 Å². The summed E-state index contributed by atoms with van der Waals surface area (Å²) in [4.78, 5) is 32.8. The zero-order valence-electron chi connectivity index (χ0n) is 13.9. The fourth-order valence-electron chi connectivity index (χ4n) is 2.07. The maximum Gasteiger partial charge on any atom is 0.357 e. The Bertz CT molecular complexity index is 873. The Balaban J connectivity index is 1.44. The zero-order chi connectivity index (χ0) is 18.4. The molecule has 136 valence electrons. The largest absolute Gasteiger partial charge is 0.461 e. The van der Waals surface area contributed by atoms with Crippen molar-refractivity contribution in [2.24, 2.45) is 0 Å². The quantitative estimate of drug-likeness (QED) is 0.585. The molecule has 0 aliphatic rings. The maximum absolute atomic E-state index is 12.0. The first-order valence-electron chi connectivity index (χ1n) is 7.94. The van der Waals surface area contributed by atoms with Crippen LogP contribution in [0.2, 0.25) is 0 Å². The van der Waals surface area contributed by atoms with Crippen LogP contribution in [0, 0.1) is 0 Å². The predicted octanol–water partition coefficient (Wildman–Crippen LogP) is 3.39. The number of thiazole rings is 1. The number of hydrogen-bond acceptors (Lipinski definition) is 9. The Kier molecular flexibility index (Phi) is 6.08. The Hall–Kier alpha value is -2.59. The molecule has 0 aromatic carbocycles. The average Bonchev–Trinajstić information content (AvgIpc) is 3.36. The molecule has 0 aliphatic carbocycles. The molecular weight excluding hydrogens is 376 g/mol. The third kappa shape index (κ3) is 4.73. The van der Waals surface area contributed by atoms with Gasteiger partial charge >= 0.3 is 5.97 Å². The number of esters is 1. The van der Waals surface area contributed by atoms with E-state index in [4.69, 9.17) is 9.26 Å². The van der Waals surface area contributed by atoms with Crippen LogP contribution in [-0.2, 0) is 16.0 Å². The van der Waals surface area contributed by atoms with Crippen LogP contribution < -0.4 is 5.32 Å². The van der Waals surface area contributed by atoms with Gasteiger partial charge in [-0.1, -0.05) is 11.2 Å². The van der Waals surface area contributed by atoms with E-state index in [-0.39, 0.29) is 24.6 Å². The number of thiophene rings is 1. The minimum atomic E-state index is -0.498. The van der Waals surface area contributed by atoms with Crippen LogP contribution in [0.4, 0.5) is 5.13 Å². The number of nitrogens with zero attached hydrogens (tertiary/aromatic N) is 3. The van der Waals surface area contributed by atoms with Crippen molar-refractivity contribution >= 4 is 39.7 Å². The highest BCUT2D eigenvalue weighted by atomic mass is 32.1. The third-order valence-corrected chi connectivity index (χ3v) is 4.86. The molecule has 0 bridgehead atoms. The summed E-state index contributed by atoms with van der Waals surface area (Å²) >= 11 is 2.72. The second kappa shape index (κ2) is 8.68. The van der Waals surface area contributed by atoms with Crippen molar-refractivity contribution in [1.29, 1.82) is 0 Å². The van der Waals surface area contributed by atoms with Crippen LogP contribution in [-0.4, -0.2) is 33.6 Å². The fourth-order valence-corrected chi connectivity index (χ4v) is 3.42. The molecule has 3 rings (SSSR count). The molecule has 0 unspecified atom stereocenters. The zero-order valence-corrected chi connectivity index (χ0v) is 15.6. The Morgan fingerprint density at radius 2 is 2.19 bits per heavy atom. The standard InChI is InChI=1S/C16H16N4O4S2/c1-2-23-15(22)10-9-26-16(17-10)18-12(21)6-3-7-13-19-14(20-24-13)11-5-4-8-25-11/h4-5,8-9H,2-3,6-7H2,1H3,(H,17,18,21). The van der Waals surface area contributed by atoms with Crippen LogP contribution >= 0.6 is 22.7 Å². The third-order valence-electron chi connectivity index (χ3n) is 3.24. The molecule has 0 saturated carbocycles. The van der Waals surface area contributed by atoms with Crippen LogP contribution in [0.3, 0.4) is 0 Å². The van der Waals surface area contributed by atoms with E-state index in [0.29, 0.717) is 29.7 Å². The summed E-state index contributed by atoms with van der Waals surface area (Å²) in [6.07, 6.45) is 1.36. The monoisotopic (exact) mass is 392 g/mol. The highest BCUT2D eigenvalue weighted by Crippen LogP contribution is 2.22. The summed E-state index contributed by atoms with van der Waals surface area (Å²) in [5.74, 6) is 0.378. The van der Waals surface area contributed by atoms with Gasteiger partial charge in [0.1, 0.15) is 0 Å². The van der Waals surface area contributed by atoms with E-state index in [0.717, 1.165) is 4.88 Å². The van der Waals surface area contributed by atoms with Gasteiger partial charge in [0.2, 0.25) is 17.6 Å². The summed E-state index contributed by atoms with van der Waals surface area (Å²) in [7, 11) is 0. The van der Waals surface area contributed by atoms with Crippen molar-refractivity contribution in [1.82, 2.24) is 15.1 Å². The average molecular weight is 392 g/mol. The predicted molar refractivity (Wildman–Crippen MR) is 97.2 cm³/mol. The lowest BCUT2D eigenvalue weighted by atomic mass is 10.2. The van der Waals surface area contributed by atoms with Gasteiger partial charge in [0.15, 0.2) is 10.8 Å². The molecule has 0 radical (unpaired) electrons. The van der Waals surface area contributed by atoms with E-state index < -0.39 is 5.97 Å². The summed E-state index contributed by atoms with van der Waals surface area (Å²) < 4.78 is 10.1. The molecule has 26 heavy (non-hydrogen) atoms. The highest BCUT2D eigenvalue weighted by molar-refractivity contribution is 7.14. The van der Waals surface area contributed by atoms with Crippen molar-refractivity contribution in [3.05, 3.63) is 34.5 Å². The maximum atomic E-state index is 12.0. The number of amides is 1. The molecule has 10 heteroatoms. The minimum Gasteiger partial charge on any atom is -0.461 e. The lowest BCUT2D eigenvalue weighted by Gasteiger charge is -2.00. The number of carbonyl (C=O) groups excluding carboxylic acids is 2. The first-order valence-corrected chi connectivity index (χ1v) is 9.70. The summed E-state index contributed by atoms with van der Waals surface area (Å²) in [6, 6.07) is 3.84. The molecule has 1 amide bonds. The fraction of sp³-hybridized carbons (Fsp3) is 0.312. The number of carbonyl (C=O) groups is 2. The van der Waals surface area contributed by atoms with Crippen LogP contribution in [0.25, 0.3) is 10.7 Å². The molecule has 0 saturated heterocycles. The van der Waals surface area contributed by atoms with Gasteiger partial charge in [0.25, 0.3) is 0 Å². The van der Waals surface area contributed by atoms with Crippen molar-refractivity contribution in [2.75, 3.05) is 11.9 Å². The topological polar surface area (TPSA) is 107 Å². The van der Waals surface area contributed by atoms with E-state index in [1.807, 2.05) is 17.5 Å². The molecule has 0 fully saturated rings. The van der Waals surface area contributed by atoms with Gasteiger partial charge in [0, 0.05) is 18.2 Å². The first-order chi connectivity index (χ1) is 12.7. The molecule has 0 spiro atoms. The molecule has 3 aromatic rings. The second-order valence-corrected chi connectivity index (χ2v) is 6.95. The molecule has 0 aliphatic heterocycles. The minimum absolute atomic E-state index is 0.187. The van der Waals surface area contributed by atoms with Crippen molar-refractivity contribution < 1.29 is 18.8 Å². The molecule has 8 nitrogen and oxygen atoms in total. The van der Waals surface area contributed by atoms with Crippen LogP contribution in [0.1, 0.15) is 36.1 Å². The number of aromatic nitrogens is 3. The number of anilines is 1. The van der Waals surface area contributed by atoms with E-state index in [9.17, 15) is 9.59 Å². The number of hydrogen-bond donors (Lipinski definition) is 1. The molecule has 1 N–H and O–H groups in total. The van der Waals surface area contributed by atoms with Gasteiger partial charge in [-0.05, 0) is 24.8 Å². The van der Waals surface area contributed by atoms with Gasteiger partial charge < -0.3 is 14.6 Å². The van der Waals surface area contributed by atoms with Gasteiger partial charge in [-0.25, -0.2) is 9.78 Å². The molecule has 3 heterocycles. The van der Waals surface area contributed by atoms with Gasteiger partial charge in [-0.3, -0.25) is 4.79 Å². The SMILES string of the molecule is CCOC(=O)c1csc(NC(=O)CCCc2nc(-c3cccs3)no2)n1. The number of ether oxygens (including phenoxy) is 1. The van der Waals surface area contributed by atoms with Crippen LogP contribution in [0.5, 0.6) is 0 Å². The first kappa shape index (κ1) is 18.2. The van der Waals surface area contributed by atoms with Crippen molar-refractivity contribution in [3.63, 3.8) is 0 Å². The lowest BCUT2D eigenvalue weighted by molar-refractivity contribution is -0.116. The van der Waals surface area contributed by atoms with Crippen LogP contribution in [0.15, 0.2) is 27.4 Å². The Morgan fingerprint density at radius 3 is 2.96 bits per heavy atom. The Morgan fingerprint density at radius 1 is 1.31 bits per heavy atom.